The second kappa shape index (κ2) is 7.43. The van der Waals surface area contributed by atoms with Crippen molar-refractivity contribution in [2.45, 2.75) is 66.0 Å². The Hall–Kier alpha value is -0.900. The lowest BCUT2D eigenvalue weighted by Crippen LogP contribution is -2.31. The predicted molar refractivity (Wildman–Crippen MR) is 68.7 cm³/mol. The van der Waals surface area contributed by atoms with Gasteiger partial charge in [-0.2, -0.15) is 4.98 Å². The average Bonchev–Trinajstić information content (AvgIpc) is 2.75. The van der Waals surface area contributed by atoms with E-state index in [0.717, 1.165) is 31.2 Å². The maximum Gasteiger partial charge on any atom is 0.240 e. The first-order valence-electron chi connectivity index (χ1n) is 6.72. The van der Waals surface area contributed by atoms with Gasteiger partial charge in [0, 0.05) is 12.5 Å². The molecule has 17 heavy (non-hydrogen) atoms. The van der Waals surface area contributed by atoms with E-state index in [1.807, 2.05) is 6.92 Å². The number of aromatic nitrogens is 2. The van der Waals surface area contributed by atoms with E-state index in [9.17, 15) is 0 Å². The van der Waals surface area contributed by atoms with Crippen LogP contribution in [0.15, 0.2) is 4.52 Å². The van der Waals surface area contributed by atoms with Crippen molar-refractivity contribution in [3.63, 3.8) is 0 Å². The zero-order valence-electron chi connectivity index (χ0n) is 11.6. The summed E-state index contributed by atoms with van der Waals surface area (Å²) in [5.41, 5.74) is 0. The average molecular weight is 239 g/mol. The summed E-state index contributed by atoms with van der Waals surface area (Å²) in [4.78, 5) is 6.75. The van der Waals surface area contributed by atoms with Gasteiger partial charge in [-0.3, -0.25) is 4.90 Å². The molecule has 0 amide bonds. The fourth-order valence-corrected chi connectivity index (χ4v) is 1.76. The Morgan fingerprint density at radius 2 is 2.00 bits per heavy atom. The van der Waals surface area contributed by atoms with Crippen LogP contribution in [0.4, 0.5) is 0 Å². The second-order valence-corrected chi connectivity index (χ2v) is 4.73. The molecule has 0 saturated heterocycles. The summed E-state index contributed by atoms with van der Waals surface area (Å²) in [6, 6.07) is 0.517. The van der Waals surface area contributed by atoms with Gasteiger partial charge in [0.05, 0.1) is 6.54 Å². The number of hydrogen-bond acceptors (Lipinski definition) is 4. The van der Waals surface area contributed by atoms with Crippen LogP contribution in [0.25, 0.3) is 0 Å². The number of nitrogens with zero attached hydrogens (tertiary/aromatic N) is 3. The summed E-state index contributed by atoms with van der Waals surface area (Å²) in [5, 5.41) is 3.93. The first kappa shape index (κ1) is 14.2. The lowest BCUT2D eigenvalue weighted by Gasteiger charge is -2.24. The van der Waals surface area contributed by atoms with Crippen molar-refractivity contribution in [3.8, 4) is 0 Å². The van der Waals surface area contributed by atoms with Gasteiger partial charge >= 0.3 is 0 Å². The minimum Gasteiger partial charge on any atom is -0.338 e. The van der Waals surface area contributed by atoms with E-state index in [1.165, 1.54) is 19.3 Å². The minimum absolute atomic E-state index is 0.517. The highest BCUT2D eigenvalue weighted by Crippen LogP contribution is 2.09. The van der Waals surface area contributed by atoms with Crippen molar-refractivity contribution in [2.24, 2.45) is 0 Å². The molecular weight excluding hydrogens is 214 g/mol. The van der Waals surface area contributed by atoms with Crippen LogP contribution in [0.5, 0.6) is 0 Å². The second-order valence-electron chi connectivity index (χ2n) is 4.73. The van der Waals surface area contributed by atoms with Gasteiger partial charge in [0.2, 0.25) is 5.89 Å². The Kier molecular flexibility index (Phi) is 6.19. The van der Waals surface area contributed by atoms with Crippen molar-refractivity contribution in [2.75, 3.05) is 6.54 Å². The van der Waals surface area contributed by atoms with Crippen LogP contribution in [-0.4, -0.2) is 27.6 Å². The molecular formula is C13H25N3O. The largest absolute Gasteiger partial charge is 0.338 e. The van der Waals surface area contributed by atoms with Crippen LogP contribution in [0.2, 0.25) is 0 Å². The molecule has 0 saturated carbocycles. The molecule has 1 heterocycles. The van der Waals surface area contributed by atoms with Crippen molar-refractivity contribution in [1.29, 1.82) is 0 Å². The van der Waals surface area contributed by atoms with Crippen LogP contribution in [-0.2, 0) is 13.0 Å². The highest BCUT2D eigenvalue weighted by atomic mass is 16.5. The summed E-state index contributed by atoms with van der Waals surface area (Å²) in [6.07, 6.45) is 4.62. The molecule has 0 spiro atoms. The van der Waals surface area contributed by atoms with Gasteiger partial charge in [-0.1, -0.05) is 31.8 Å². The van der Waals surface area contributed by atoms with Crippen LogP contribution >= 0.6 is 0 Å². The smallest absolute Gasteiger partial charge is 0.240 e. The van der Waals surface area contributed by atoms with E-state index in [4.69, 9.17) is 4.52 Å². The minimum atomic E-state index is 0.517. The SMILES string of the molecule is CCCCCN(Cc1nc(CC)no1)C(C)C. The lowest BCUT2D eigenvalue weighted by atomic mass is 10.2. The Labute approximate surface area is 104 Å². The Balaban J connectivity index is 2.47. The van der Waals surface area contributed by atoms with Crippen molar-refractivity contribution in [3.05, 3.63) is 11.7 Å². The Morgan fingerprint density at radius 1 is 1.24 bits per heavy atom. The maximum absolute atomic E-state index is 5.24. The summed E-state index contributed by atoms with van der Waals surface area (Å²) in [5.74, 6) is 1.55. The molecule has 98 valence electrons. The van der Waals surface area contributed by atoms with Crippen LogP contribution in [0.1, 0.15) is 58.7 Å². The first-order chi connectivity index (χ1) is 8.17. The zero-order valence-corrected chi connectivity index (χ0v) is 11.6. The van der Waals surface area contributed by atoms with Gasteiger partial charge in [-0.25, -0.2) is 0 Å². The number of rotatable bonds is 8. The summed E-state index contributed by atoms with van der Waals surface area (Å²) < 4.78 is 5.24. The van der Waals surface area contributed by atoms with Gasteiger partial charge in [0.15, 0.2) is 5.82 Å². The van der Waals surface area contributed by atoms with Crippen LogP contribution < -0.4 is 0 Å². The monoisotopic (exact) mass is 239 g/mol. The van der Waals surface area contributed by atoms with Gasteiger partial charge in [-0.05, 0) is 26.8 Å². The topological polar surface area (TPSA) is 42.2 Å². The van der Waals surface area contributed by atoms with Gasteiger partial charge in [0.1, 0.15) is 0 Å². The molecule has 0 radical (unpaired) electrons. The highest BCUT2D eigenvalue weighted by Gasteiger charge is 2.13. The lowest BCUT2D eigenvalue weighted by molar-refractivity contribution is 0.181. The fraction of sp³-hybridized carbons (Fsp3) is 0.846. The highest BCUT2D eigenvalue weighted by molar-refractivity contribution is 4.86. The molecule has 0 atom stereocenters. The molecule has 0 aliphatic heterocycles. The molecule has 0 bridgehead atoms. The number of hydrogen-bond donors (Lipinski definition) is 0. The van der Waals surface area contributed by atoms with E-state index in [-0.39, 0.29) is 0 Å². The number of aryl methyl sites for hydroxylation is 1. The Morgan fingerprint density at radius 3 is 2.53 bits per heavy atom. The first-order valence-corrected chi connectivity index (χ1v) is 6.72. The van der Waals surface area contributed by atoms with Crippen molar-refractivity contribution < 1.29 is 4.52 Å². The van der Waals surface area contributed by atoms with Gasteiger partial charge in [0.25, 0.3) is 0 Å². The standard InChI is InChI=1S/C13H25N3O/c1-5-7-8-9-16(11(3)4)10-13-14-12(6-2)15-17-13/h11H,5-10H2,1-4H3. The van der Waals surface area contributed by atoms with E-state index in [1.54, 1.807) is 0 Å². The molecule has 0 aromatic carbocycles. The summed E-state index contributed by atoms with van der Waals surface area (Å²) in [7, 11) is 0. The summed E-state index contributed by atoms with van der Waals surface area (Å²) >= 11 is 0. The molecule has 1 aromatic rings. The van der Waals surface area contributed by atoms with E-state index >= 15 is 0 Å². The molecule has 1 aromatic heterocycles. The van der Waals surface area contributed by atoms with E-state index < -0.39 is 0 Å². The fourth-order valence-electron chi connectivity index (χ4n) is 1.76. The van der Waals surface area contributed by atoms with Gasteiger partial charge in [-0.15, -0.1) is 0 Å². The molecule has 1 rings (SSSR count). The van der Waals surface area contributed by atoms with Crippen molar-refractivity contribution in [1.82, 2.24) is 15.0 Å². The Bertz CT molecular complexity index is 309. The molecule has 0 aliphatic carbocycles. The van der Waals surface area contributed by atoms with E-state index in [2.05, 4.69) is 35.8 Å². The molecule has 0 aliphatic rings. The molecule has 0 unspecified atom stereocenters. The molecule has 0 fully saturated rings. The molecule has 4 heteroatoms. The summed E-state index contributed by atoms with van der Waals surface area (Å²) in [6.45, 7) is 10.6. The van der Waals surface area contributed by atoms with Crippen molar-refractivity contribution >= 4 is 0 Å². The van der Waals surface area contributed by atoms with E-state index in [0.29, 0.717) is 6.04 Å². The third-order valence-electron chi connectivity index (χ3n) is 2.94. The predicted octanol–water partition coefficient (Wildman–Crippen LogP) is 3.03. The van der Waals surface area contributed by atoms with Gasteiger partial charge < -0.3 is 4.52 Å². The molecule has 0 N–H and O–H groups in total. The quantitative estimate of drug-likeness (QED) is 0.654. The maximum atomic E-state index is 5.24. The number of unbranched alkanes of at least 4 members (excludes halogenated alkanes) is 2. The normalized spacial score (nSPS) is 11.6. The van der Waals surface area contributed by atoms with Crippen LogP contribution in [0, 0.1) is 0 Å². The third-order valence-corrected chi connectivity index (χ3v) is 2.94. The third kappa shape index (κ3) is 4.86. The van der Waals surface area contributed by atoms with Crippen LogP contribution in [0.3, 0.4) is 0 Å². The zero-order chi connectivity index (χ0) is 12.7. The molecule has 4 nitrogen and oxygen atoms in total.